The van der Waals surface area contributed by atoms with Gasteiger partial charge in [0.2, 0.25) is 5.91 Å². The molecular formula is C15H19NO3S. The lowest BCUT2D eigenvalue weighted by Crippen LogP contribution is -2.41. The molecule has 1 aliphatic rings. The number of carboxylic acids is 1. The Balaban J connectivity index is 1.82. The Morgan fingerprint density at radius 3 is 2.55 bits per heavy atom. The Labute approximate surface area is 123 Å². The molecule has 1 aromatic carbocycles. The van der Waals surface area contributed by atoms with Crippen LogP contribution in [0.15, 0.2) is 29.2 Å². The Hall–Kier alpha value is -1.49. The summed E-state index contributed by atoms with van der Waals surface area (Å²) in [6.07, 6.45) is 1.13. The Bertz CT molecular complexity index is 496. The zero-order valence-electron chi connectivity index (χ0n) is 11.5. The van der Waals surface area contributed by atoms with Crippen molar-refractivity contribution in [1.82, 2.24) is 4.90 Å². The minimum Gasteiger partial charge on any atom is -0.481 e. The molecule has 0 spiro atoms. The molecule has 5 heteroatoms. The largest absolute Gasteiger partial charge is 0.481 e. The van der Waals surface area contributed by atoms with Crippen LogP contribution in [0.2, 0.25) is 0 Å². The van der Waals surface area contributed by atoms with E-state index in [1.165, 1.54) is 5.56 Å². The van der Waals surface area contributed by atoms with Gasteiger partial charge in [0.15, 0.2) is 0 Å². The van der Waals surface area contributed by atoms with Crippen molar-refractivity contribution in [3.8, 4) is 0 Å². The van der Waals surface area contributed by atoms with Gasteiger partial charge in [0.1, 0.15) is 0 Å². The molecule has 0 aromatic heterocycles. The lowest BCUT2D eigenvalue weighted by molar-refractivity contribution is -0.145. The maximum Gasteiger partial charge on any atom is 0.306 e. The molecule has 1 aromatic rings. The molecule has 1 aliphatic heterocycles. The molecule has 1 amide bonds. The van der Waals surface area contributed by atoms with E-state index < -0.39 is 5.97 Å². The summed E-state index contributed by atoms with van der Waals surface area (Å²) in [6.45, 7) is 3.15. The first-order valence-electron chi connectivity index (χ1n) is 6.77. The van der Waals surface area contributed by atoms with E-state index in [1.807, 2.05) is 31.2 Å². The normalized spacial score (nSPS) is 16.1. The summed E-state index contributed by atoms with van der Waals surface area (Å²) in [6, 6.07) is 8.01. The second-order valence-electron chi connectivity index (χ2n) is 5.05. The molecule has 0 saturated carbocycles. The zero-order valence-corrected chi connectivity index (χ0v) is 12.4. The molecular weight excluding hydrogens is 274 g/mol. The van der Waals surface area contributed by atoms with Crippen molar-refractivity contribution in [3.05, 3.63) is 29.8 Å². The number of aryl methyl sites for hydroxylation is 1. The number of hydrogen-bond acceptors (Lipinski definition) is 3. The van der Waals surface area contributed by atoms with E-state index in [2.05, 4.69) is 0 Å². The van der Waals surface area contributed by atoms with Gasteiger partial charge < -0.3 is 10.0 Å². The van der Waals surface area contributed by atoms with Crippen molar-refractivity contribution in [2.75, 3.05) is 18.8 Å². The minimum absolute atomic E-state index is 0.0992. The van der Waals surface area contributed by atoms with Crippen LogP contribution in [0.4, 0.5) is 0 Å². The number of carbonyl (C=O) groups is 2. The van der Waals surface area contributed by atoms with Crippen LogP contribution in [-0.2, 0) is 9.59 Å². The quantitative estimate of drug-likeness (QED) is 0.866. The number of amides is 1. The van der Waals surface area contributed by atoms with E-state index >= 15 is 0 Å². The van der Waals surface area contributed by atoms with Gasteiger partial charge in [-0.15, -0.1) is 11.8 Å². The number of likely N-dealkylation sites (tertiary alicyclic amines) is 1. The lowest BCUT2D eigenvalue weighted by atomic mass is 9.97. The lowest BCUT2D eigenvalue weighted by Gasteiger charge is -2.30. The number of benzene rings is 1. The number of nitrogens with zero attached hydrogens (tertiary/aromatic N) is 1. The van der Waals surface area contributed by atoms with Crippen molar-refractivity contribution in [2.45, 2.75) is 24.7 Å². The molecule has 0 atom stereocenters. The van der Waals surface area contributed by atoms with Gasteiger partial charge in [-0.05, 0) is 31.4 Å². The number of aliphatic carboxylic acids is 1. The van der Waals surface area contributed by atoms with Gasteiger partial charge in [-0.1, -0.05) is 18.2 Å². The van der Waals surface area contributed by atoms with Crippen LogP contribution >= 0.6 is 11.8 Å². The number of carboxylic acid groups (broad SMARTS) is 1. The molecule has 1 fully saturated rings. The molecule has 20 heavy (non-hydrogen) atoms. The van der Waals surface area contributed by atoms with E-state index in [1.54, 1.807) is 16.7 Å². The first-order chi connectivity index (χ1) is 9.58. The fourth-order valence-electron chi connectivity index (χ4n) is 2.32. The highest BCUT2D eigenvalue weighted by Crippen LogP contribution is 2.23. The van der Waals surface area contributed by atoms with Gasteiger partial charge >= 0.3 is 5.97 Å². The number of hydrogen-bond donors (Lipinski definition) is 1. The van der Waals surface area contributed by atoms with Crippen LogP contribution in [-0.4, -0.2) is 40.7 Å². The van der Waals surface area contributed by atoms with Crippen LogP contribution in [0.5, 0.6) is 0 Å². The summed E-state index contributed by atoms with van der Waals surface area (Å²) >= 11 is 1.55. The Morgan fingerprint density at radius 2 is 1.95 bits per heavy atom. The Morgan fingerprint density at radius 1 is 1.30 bits per heavy atom. The molecule has 1 N–H and O–H groups in total. The van der Waals surface area contributed by atoms with Crippen molar-refractivity contribution in [2.24, 2.45) is 5.92 Å². The number of rotatable bonds is 4. The molecule has 1 saturated heterocycles. The molecule has 0 radical (unpaired) electrons. The van der Waals surface area contributed by atoms with Gasteiger partial charge in [0.05, 0.1) is 11.7 Å². The second kappa shape index (κ2) is 6.79. The van der Waals surface area contributed by atoms with Gasteiger partial charge in [0.25, 0.3) is 0 Å². The van der Waals surface area contributed by atoms with Gasteiger partial charge in [-0.25, -0.2) is 0 Å². The average molecular weight is 293 g/mol. The summed E-state index contributed by atoms with van der Waals surface area (Å²) in [5.41, 5.74) is 1.18. The number of thioether (sulfide) groups is 1. The maximum absolute atomic E-state index is 12.1. The summed E-state index contributed by atoms with van der Waals surface area (Å²) in [5.74, 6) is -0.515. The highest BCUT2D eigenvalue weighted by atomic mass is 32.2. The zero-order chi connectivity index (χ0) is 14.5. The highest BCUT2D eigenvalue weighted by molar-refractivity contribution is 8.00. The molecule has 0 aliphatic carbocycles. The van der Waals surface area contributed by atoms with Crippen molar-refractivity contribution in [1.29, 1.82) is 0 Å². The predicted octanol–water partition coefficient (Wildman–Crippen LogP) is 2.41. The van der Waals surface area contributed by atoms with Crippen LogP contribution in [0, 0.1) is 12.8 Å². The van der Waals surface area contributed by atoms with E-state index in [4.69, 9.17) is 5.11 Å². The summed E-state index contributed by atoms with van der Waals surface area (Å²) < 4.78 is 0. The first-order valence-corrected chi connectivity index (χ1v) is 7.75. The topological polar surface area (TPSA) is 57.6 Å². The van der Waals surface area contributed by atoms with Crippen LogP contribution in [0.3, 0.4) is 0 Å². The van der Waals surface area contributed by atoms with Crippen LogP contribution < -0.4 is 0 Å². The summed E-state index contributed by atoms with van der Waals surface area (Å²) in [7, 11) is 0. The molecule has 2 rings (SSSR count). The second-order valence-corrected chi connectivity index (χ2v) is 6.06. The van der Waals surface area contributed by atoms with Gasteiger partial charge in [-0.3, -0.25) is 9.59 Å². The third-order valence-corrected chi connectivity index (χ3v) is 4.80. The van der Waals surface area contributed by atoms with Crippen LogP contribution in [0.1, 0.15) is 18.4 Å². The van der Waals surface area contributed by atoms with E-state index in [0.717, 1.165) is 4.90 Å². The predicted molar refractivity (Wildman–Crippen MR) is 78.8 cm³/mol. The standard InChI is InChI=1S/C15H19NO3S/c1-11-4-2-3-5-13(11)20-10-14(17)16-8-6-12(7-9-16)15(18)19/h2-5,12H,6-10H2,1H3,(H,18,19). The fraction of sp³-hybridized carbons (Fsp3) is 0.467. The molecule has 0 bridgehead atoms. The van der Waals surface area contributed by atoms with Crippen molar-refractivity contribution in [3.63, 3.8) is 0 Å². The van der Waals surface area contributed by atoms with E-state index in [9.17, 15) is 9.59 Å². The van der Waals surface area contributed by atoms with Gasteiger partial charge in [0, 0.05) is 18.0 Å². The number of carbonyl (C=O) groups excluding carboxylic acids is 1. The SMILES string of the molecule is Cc1ccccc1SCC(=O)N1CCC(C(=O)O)CC1. The van der Waals surface area contributed by atoms with Crippen molar-refractivity contribution < 1.29 is 14.7 Å². The highest BCUT2D eigenvalue weighted by Gasteiger charge is 2.26. The summed E-state index contributed by atoms with van der Waals surface area (Å²) in [5, 5.41) is 8.94. The maximum atomic E-state index is 12.1. The third-order valence-electron chi connectivity index (χ3n) is 3.64. The van der Waals surface area contributed by atoms with Crippen molar-refractivity contribution >= 4 is 23.6 Å². The van der Waals surface area contributed by atoms with Crippen LogP contribution in [0.25, 0.3) is 0 Å². The number of piperidine rings is 1. The monoisotopic (exact) mass is 293 g/mol. The minimum atomic E-state index is -0.744. The summed E-state index contributed by atoms with van der Waals surface area (Å²) in [4.78, 5) is 25.9. The van der Waals surface area contributed by atoms with Gasteiger partial charge in [-0.2, -0.15) is 0 Å². The first kappa shape index (κ1) is 14.9. The fourth-order valence-corrected chi connectivity index (χ4v) is 3.26. The molecule has 4 nitrogen and oxygen atoms in total. The molecule has 108 valence electrons. The molecule has 0 unspecified atom stereocenters. The van der Waals surface area contributed by atoms with E-state index in [-0.39, 0.29) is 11.8 Å². The van der Waals surface area contributed by atoms with E-state index in [0.29, 0.717) is 31.7 Å². The average Bonchev–Trinajstić information content (AvgIpc) is 2.46. The third kappa shape index (κ3) is 3.76. The molecule has 1 heterocycles. The smallest absolute Gasteiger partial charge is 0.306 e. The Kier molecular flexibility index (Phi) is 5.06.